The van der Waals surface area contributed by atoms with Crippen LogP contribution in [0.2, 0.25) is 0 Å². The predicted octanol–water partition coefficient (Wildman–Crippen LogP) is 2.18. The number of hydrogen-bond donors (Lipinski definition) is 0. The average molecular weight is 159 g/mol. The Hall–Kier alpha value is 0.310. The molecule has 1 heterocycles. The number of rotatable bonds is 4. The largest absolute Gasteiger partial charge is 0.294 e. The van der Waals surface area contributed by atoms with Crippen LogP contribution in [0.4, 0.5) is 0 Å². The van der Waals surface area contributed by atoms with Crippen LogP contribution >= 0.6 is 11.8 Å². The van der Waals surface area contributed by atoms with Gasteiger partial charge in [-0.3, -0.25) is 4.90 Å². The highest BCUT2D eigenvalue weighted by Gasteiger charge is 2.09. The van der Waals surface area contributed by atoms with Crippen molar-refractivity contribution in [2.45, 2.75) is 26.2 Å². The van der Waals surface area contributed by atoms with Crippen LogP contribution in [0.3, 0.4) is 0 Å². The van der Waals surface area contributed by atoms with Gasteiger partial charge >= 0.3 is 0 Å². The Bertz CT molecular complexity index is 79.3. The summed E-state index contributed by atoms with van der Waals surface area (Å²) in [5.74, 6) is 2.60. The molecule has 2 heteroatoms. The second kappa shape index (κ2) is 5.03. The second-order valence-corrected chi connectivity index (χ2v) is 3.94. The molecule has 0 aromatic rings. The van der Waals surface area contributed by atoms with Crippen LogP contribution < -0.4 is 0 Å². The Morgan fingerprint density at radius 3 is 2.60 bits per heavy atom. The molecule has 0 N–H and O–H groups in total. The fourth-order valence-corrected chi connectivity index (χ4v) is 2.18. The Morgan fingerprint density at radius 2 is 2.00 bits per heavy atom. The molecule has 0 unspecified atom stereocenters. The van der Waals surface area contributed by atoms with Crippen molar-refractivity contribution in [1.82, 2.24) is 4.90 Å². The lowest BCUT2D eigenvalue weighted by molar-refractivity contribution is 0.401. The first kappa shape index (κ1) is 8.41. The predicted molar refractivity (Wildman–Crippen MR) is 48.4 cm³/mol. The van der Waals surface area contributed by atoms with E-state index in [9.17, 15) is 0 Å². The van der Waals surface area contributed by atoms with Crippen molar-refractivity contribution in [3.05, 3.63) is 0 Å². The molecule has 60 valence electrons. The highest BCUT2D eigenvalue weighted by molar-refractivity contribution is 7.99. The maximum Gasteiger partial charge on any atom is 0.0444 e. The van der Waals surface area contributed by atoms with Crippen LogP contribution in [-0.4, -0.2) is 29.6 Å². The standard InChI is InChI=1S/C8H17NS/c1-2-7-10-8-9-5-3-4-6-9/h2-8H2,1H3. The Morgan fingerprint density at radius 1 is 1.30 bits per heavy atom. The molecule has 10 heavy (non-hydrogen) atoms. The van der Waals surface area contributed by atoms with Gasteiger partial charge in [-0.2, -0.15) is 0 Å². The fraction of sp³-hybridized carbons (Fsp3) is 1.00. The fourth-order valence-electron chi connectivity index (χ4n) is 1.25. The van der Waals surface area contributed by atoms with Crippen molar-refractivity contribution in [1.29, 1.82) is 0 Å². The minimum absolute atomic E-state index is 1.27. The van der Waals surface area contributed by atoms with Crippen molar-refractivity contribution in [2.75, 3.05) is 24.7 Å². The van der Waals surface area contributed by atoms with Gasteiger partial charge in [-0.15, -0.1) is 11.8 Å². The summed E-state index contributed by atoms with van der Waals surface area (Å²) in [4.78, 5) is 2.56. The van der Waals surface area contributed by atoms with Gasteiger partial charge in [-0.25, -0.2) is 0 Å². The summed E-state index contributed by atoms with van der Waals surface area (Å²) in [5, 5.41) is 0. The summed E-state index contributed by atoms with van der Waals surface area (Å²) in [6.45, 7) is 4.93. The summed E-state index contributed by atoms with van der Waals surface area (Å²) in [7, 11) is 0. The summed E-state index contributed by atoms with van der Waals surface area (Å²) >= 11 is 2.08. The van der Waals surface area contributed by atoms with E-state index in [0.717, 1.165) is 0 Å². The number of hydrogen-bond acceptors (Lipinski definition) is 2. The molecule has 1 aliphatic heterocycles. The van der Waals surface area contributed by atoms with Gasteiger partial charge in [0.25, 0.3) is 0 Å². The Balaban J connectivity index is 1.91. The third kappa shape index (κ3) is 2.93. The zero-order valence-electron chi connectivity index (χ0n) is 6.81. The van der Waals surface area contributed by atoms with Gasteiger partial charge in [0.2, 0.25) is 0 Å². The van der Waals surface area contributed by atoms with Crippen molar-refractivity contribution in [3.8, 4) is 0 Å². The van der Waals surface area contributed by atoms with E-state index >= 15 is 0 Å². The van der Waals surface area contributed by atoms with Crippen LogP contribution in [0.5, 0.6) is 0 Å². The van der Waals surface area contributed by atoms with E-state index in [-0.39, 0.29) is 0 Å². The third-order valence-electron chi connectivity index (χ3n) is 1.82. The summed E-state index contributed by atoms with van der Waals surface area (Å²) < 4.78 is 0. The molecular weight excluding hydrogens is 142 g/mol. The SMILES string of the molecule is CCCSCN1CCCC1. The average Bonchev–Trinajstić information content (AvgIpc) is 2.41. The lowest BCUT2D eigenvalue weighted by atomic mass is 10.4. The summed E-state index contributed by atoms with van der Waals surface area (Å²) in [6, 6.07) is 0. The molecule has 0 saturated carbocycles. The molecule has 0 aromatic carbocycles. The van der Waals surface area contributed by atoms with Crippen LogP contribution in [0.25, 0.3) is 0 Å². The minimum atomic E-state index is 1.27. The molecular formula is C8H17NS. The maximum absolute atomic E-state index is 2.56. The van der Waals surface area contributed by atoms with Gasteiger partial charge in [0.1, 0.15) is 0 Å². The number of thioether (sulfide) groups is 1. The zero-order valence-corrected chi connectivity index (χ0v) is 7.62. The van der Waals surface area contributed by atoms with E-state index in [1.807, 2.05) is 0 Å². The molecule has 0 aromatic heterocycles. The zero-order chi connectivity index (χ0) is 7.23. The molecule has 1 fully saturated rings. The van der Waals surface area contributed by atoms with Crippen molar-refractivity contribution >= 4 is 11.8 Å². The Labute approximate surface area is 68.2 Å². The molecule has 0 aliphatic carbocycles. The van der Waals surface area contributed by atoms with E-state index in [1.54, 1.807) is 0 Å². The van der Waals surface area contributed by atoms with Crippen LogP contribution in [-0.2, 0) is 0 Å². The lowest BCUT2D eigenvalue weighted by Crippen LogP contribution is -2.18. The summed E-state index contributed by atoms with van der Waals surface area (Å²) in [5.41, 5.74) is 0. The second-order valence-electron chi connectivity index (χ2n) is 2.86. The van der Waals surface area contributed by atoms with Gasteiger partial charge in [-0.1, -0.05) is 6.92 Å². The van der Waals surface area contributed by atoms with Gasteiger partial charge in [0, 0.05) is 5.88 Å². The molecule has 1 aliphatic rings. The van der Waals surface area contributed by atoms with Crippen molar-refractivity contribution in [2.24, 2.45) is 0 Å². The summed E-state index contributed by atoms with van der Waals surface area (Å²) in [6.07, 6.45) is 4.16. The number of likely N-dealkylation sites (tertiary alicyclic amines) is 1. The first-order valence-corrected chi connectivity index (χ1v) is 5.39. The topological polar surface area (TPSA) is 3.24 Å². The van der Waals surface area contributed by atoms with E-state index in [4.69, 9.17) is 0 Å². The maximum atomic E-state index is 2.56. The molecule has 0 atom stereocenters. The van der Waals surface area contributed by atoms with Gasteiger partial charge < -0.3 is 0 Å². The van der Waals surface area contributed by atoms with E-state index in [1.165, 1.54) is 44.0 Å². The van der Waals surface area contributed by atoms with Crippen LogP contribution in [0.1, 0.15) is 26.2 Å². The van der Waals surface area contributed by atoms with E-state index in [0.29, 0.717) is 0 Å². The van der Waals surface area contributed by atoms with Gasteiger partial charge in [0.05, 0.1) is 0 Å². The highest BCUT2D eigenvalue weighted by atomic mass is 32.2. The normalized spacial score (nSPS) is 20.1. The molecule has 0 spiro atoms. The molecule has 0 bridgehead atoms. The minimum Gasteiger partial charge on any atom is -0.294 e. The monoisotopic (exact) mass is 159 g/mol. The molecule has 0 radical (unpaired) electrons. The first-order chi connectivity index (χ1) is 4.93. The lowest BCUT2D eigenvalue weighted by Gasteiger charge is -2.12. The van der Waals surface area contributed by atoms with E-state index < -0.39 is 0 Å². The quantitative estimate of drug-likeness (QED) is 0.578. The van der Waals surface area contributed by atoms with Gasteiger partial charge in [-0.05, 0) is 38.1 Å². The highest BCUT2D eigenvalue weighted by Crippen LogP contribution is 2.12. The smallest absolute Gasteiger partial charge is 0.0444 e. The molecule has 1 saturated heterocycles. The van der Waals surface area contributed by atoms with Gasteiger partial charge in [0.15, 0.2) is 0 Å². The third-order valence-corrected chi connectivity index (χ3v) is 3.07. The van der Waals surface area contributed by atoms with E-state index in [2.05, 4.69) is 23.6 Å². The molecule has 0 amide bonds. The van der Waals surface area contributed by atoms with Crippen LogP contribution in [0.15, 0.2) is 0 Å². The molecule has 1 rings (SSSR count). The Kier molecular flexibility index (Phi) is 4.23. The van der Waals surface area contributed by atoms with Crippen LogP contribution in [0, 0.1) is 0 Å². The van der Waals surface area contributed by atoms with Crippen molar-refractivity contribution < 1.29 is 0 Å². The van der Waals surface area contributed by atoms with Crippen molar-refractivity contribution in [3.63, 3.8) is 0 Å². The number of nitrogens with zero attached hydrogens (tertiary/aromatic N) is 1. The molecule has 1 nitrogen and oxygen atoms in total. The first-order valence-electron chi connectivity index (χ1n) is 4.23.